The molecule has 1 aliphatic rings. The van der Waals surface area contributed by atoms with Crippen LogP contribution in [-0.2, 0) is 0 Å². The van der Waals surface area contributed by atoms with E-state index in [9.17, 15) is 0 Å². The molecule has 19 heavy (non-hydrogen) atoms. The van der Waals surface area contributed by atoms with Gasteiger partial charge in [0.15, 0.2) is 0 Å². The van der Waals surface area contributed by atoms with E-state index in [1.807, 2.05) is 37.5 Å². The zero-order valence-electron chi connectivity index (χ0n) is 11.5. The van der Waals surface area contributed by atoms with Crippen molar-refractivity contribution >= 4 is 5.69 Å². The van der Waals surface area contributed by atoms with E-state index >= 15 is 0 Å². The van der Waals surface area contributed by atoms with Gasteiger partial charge in [0.25, 0.3) is 0 Å². The van der Waals surface area contributed by atoms with Gasteiger partial charge in [0.2, 0.25) is 0 Å². The van der Waals surface area contributed by atoms with Crippen LogP contribution >= 0.6 is 0 Å². The zero-order chi connectivity index (χ0) is 13.5. The van der Waals surface area contributed by atoms with E-state index in [-0.39, 0.29) is 11.6 Å². The smallest absolute Gasteiger partial charge is 0.128 e. The van der Waals surface area contributed by atoms with E-state index in [2.05, 4.69) is 36.3 Å². The van der Waals surface area contributed by atoms with Crippen LogP contribution < -0.4 is 10.1 Å². The molecule has 0 bridgehead atoms. The molecular weight excluding hydrogens is 236 g/mol. The summed E-state index contributed by atoms with van der Waals surface area (Å²) in [6.45, 7) is 6.25. The van der Waals surface area contributed by atoms with Gasteiger partial charge in [-0.3, -0.25) is 4.98 Å². The Kier molecular flexibility index (Phi) is 2.70. The van der Waals surface area contributed by atoms with Crippen LogP contribution in [0.5, 0.6) is 5.75 Å². The number of para-hydroxylation sites is 1. The van der Waals surface area contributed by atoms with E-state index < -0.39 is 0 Å². The van der Waals surface area contributed by atoms with Crippen molar-refractivity contribution in [2.24, 2.45) is 0 Å². The molecule has 0 radical (unpaired) electrons. The number of fused-ring (bicyclic) bond motifs is 1. The van der Waals surface area contributed by atoms with Gasteiger partial charge in [-0.2, -0.15) is 0 Å². The Balaban J connectivity index is 1.95. The third-order valence-electron chi connectivity index (χ3n) is 3.48. The topological polar surface area (TPSA) is 34.2 Å². The summed E-state index contributed by atoms with van der Waals surface area (Å²) in [5, 5.41) is 3.54. The number of aromatic nitrogens is 1. The Morgan fingerprint density at radius 1 is 1.21 bits per heavy atom. The molecule has 1 N–H and O–H groups in total. The molecule has 1 atom stereocenters. The van der Waals surface area contributed by atoms with Crippen LogP contribution in [-0.4, -0.2) is 10.6 Å². The summed E-state index contributed by atoms with van der Waals surface area (Å²) >= 11 is 0. The number of hydrogen-bond donors (Lipinski definition) is 1. The molecular formula is C16H18N2O. The van der Waals surface area contributed by atoms with Gasteiger partial charge in [-0.1, -0.05) is 18.2 Å². The second-order valence-electron chi connectivity index (χ2n) is 5.57. The van der Waals surface area contributed by atoms with Crippen LogP contribution in [0.3, 0.4) is 0 Å². The highest BCUT2D eigenvalue weighted by Gasteiger charge is 2.40. The molecule has 0 saturated carbocycles. The van der Waals surface area contributed by atoms with Gasteiger partial charge in [0.05, 0.1) is 11.7 Å². The highest BCUT2D eigenvalue weighted by Crippen LogP contribution is 2.44. The fourth-order valence-electron chi connectivity index (χ4n) is 2.58. The molecule has 2 heterocycles. The first-order valence-electron chi connectivity index (χ1n) is 6.52. The maximum absolute atomic E-state index is 6.03. The summed E-state index contributed by atoms with van der Waals surface area (Å²) < 4.78 is 6.03. The summed E-state index contributed by atoms with van der Waals surface area (Å²) in [6.07, 6.45) is 3.71. The first kappa shape index (κ1) is 12.0. The Bertz CT molecular complexity index is 607. The van der Waals surface area contributed by atoms with Gasteiger partial charge < -0.3 is 10.1 Å². The minimum Gasteiger partial charge on any atom is -0.485 e. The lowest BCUT2D eigenvalue weighted by molar-refractivity contribution is 0.118. The van der Waals surface area contributed by atoms with Gasteiger partial charge in [0, 0.05) is 18.0 Å². The van der Waals surface area contributed by atoms with Crippen molar-refractivity contribution in [3.63, 3.8) is 0 Å². The number of rotatable bonds is 2. The van der Waals surface area contributed by atoms with E-state index in [1.54, 1.807) is 0 Å². The molecule has 2 aromatic rings. The Morgan fingerprint density at radius 2 is 2.00 bits per heavy atom. The molecule has 1 aromatic heterocycles. The molecule has 0 amide bonds. The monoisotopic (exact) mass is 254 g/mol. The molecule has 0 spiro atoms. The highest BCUT2D eigenvalue weighted by atomic mass is 16.5. The number of benzene rings is 1. The molecule has 1 aliphatic heterocycles. The highest BCUT2D eigenvalue weighted by molar-refractivity contribution is 5.51. The van der Waals surface area contributed by atoms with Crippen molar-refractivity contribution in [2.45, 2.75) is 32.4 Å². The first-order chi connectivity index (χ1) is 9.06. The maximum atomic E-state index is 6.03. The average molecular weight is 254 g/mol. The summed E-state index contributed by atoms with van der Waals surface area (Å²) in [4.78, 5) is 4.23. The van der Waals surface area contributed by atoms with Crippen LogP contribution in [0.1, 0.15) is 31.0 Å². The van der Waals surface area contributed by atoms with Crippen LogP contribution in [0.2, 0.25) is 0 Å². The number of ether oxygens (including phenoxy) is 1. The normalized spacial score (nSPS) is 19.6. The molecule has 1 unspecified atom stereocenters. The predicted octanol–water partition coefficient (Wildman–Crippen LogP) is 3.71. The van der Waals surface area contributed by atoms with Crippen molar-refractivity contribution in [1.29, 1.82) is 0 Å². The predicted molar refractivity (Wildman–Crippen MR) is 76.5 cm³/mol. The average Bonchev–Trinajstić information content (AvgIpc) is 2.61. The summed E-state index contributed by atoms with van der Waals surface area (Å²) in [5.41, 5.74) is 3.11. The SMILES string of the molecule is Cc1cncc(NC2c3ccccc3OC2(C)C)c1. The van der Waals surface area contributed by atoms with Gasteiger partial charge in [0.1, 0.15) is 11.4 Å². The first-order valence-corrected chi connectivity index (χ1v) is 6.52. The fraction of sp³-hybridized carbons (Fsp3) is 0.312. The van der Waals surface area contributed by atoms with Gasteiger partial charge in [-0.05, 0) is 38.5 Å². The maximum Gasteiger partial charge on any atom is 0.128 e. The van der Waals surface area contributed by atoms with E-state index in [0.29, 0.717) is 0 Å². The number of nitrogens with one attached hydrogen (secondary N) is 1. The molecule has 0 saturated heterocycles. The van der Waals surface area contributed by atoms with E-state index in [1.165, 1.54) is 5.56 Å². The fourth-order valence-corrected chi connectivity index (χ4v) is 2.58. The van der Waals surface area contributed by atoms with Crippen LogP contribution in [0.25, 0.3) is 0 Å². The van der Waals surface area contributed by atoms with Crippen molar-refractivity contribution in [3.05, 3.63) is 53.9 Å². The number of pyridine rings is 1. The third kappa shape index (κ3) is 2.16. The summed E-state index contributed by atoms with van der Waals surface area (Å²) in [7, 11) is 0. The lowest BCUT2D eigenvalue weighted by atomic mass is 9.94. The van der Waals surface area contributed by atoms with Crippen molar-refractivity contribution in [2.75, 3.05) is 5.32 Å². The van der Waals surface area contributed by atoms with Crippen LogP contribution in [0.4, 0.5) is 5.69 Å². The van der Waals surface area contributed by atoms with Crippen molar-refractivity contribution < 1.29 is 4.74 Å². The lowest BCUT2D eigenvalue weighted by Gasteiger charge is -2.28. The standard InChI is InChI=1S/C16H18N2O/c1-11-8-12(10-17-9-11)18-15-13-6-4-5-7-14(13)19-16(15,2)3/h4-10,15,18H,1-3H3. The minimum atomic E-state index is -0.270. The number of hydrogen-bond acceptors (Lipinski definition) is 3. The molecule has 0 aliphatic carbocycles. The molecule has 3 rings (SSSR count). The molecule has 1 aromatic carbocycles. The molecule has 3 nitrogen and oxygen atoms in total. The largest absolute Gasteiger partial charge is 0.485 e. The Hall–Kier alpha value is -2.03. The molecule has 0 fully saturated rings. The van der Waals surface area contributed by atoms with Crippen molar-refractivity contribution in [3.8, 4) is 5.75 Å². The molecule has 3 heteroatoms. The number of nitrogens with zero attached hydrogens (tertiary/aromatic N) is 1. The second kappa shape index (κ2) is 4.26. The number of anilines is 1. The summed E-state index contributed by atoms with van der Waals surface area (Å²) in [5.74, 6) is 0.964. The van der Waals surface area contributed by atoms with Crippen LogP contribution in [0.15, 0.2) is 42.7 Å². The number of aryl methyl sites for hydroxylation is 1. The Morgan fingerprint density at radius 3 is 2.79 bits per heavy atom. The van der Waals surface area contributed by atoms with E-state index in [4.69, 9.17) is 4.74 Å². The van der Waals surface area contributed by atoms with Crippen molar-refractivity contribution in [1.82, 2.24) is 4.98 Å². The zero-order valence-corrected chi connectivity index (χ0v) is 11.5. The van der Waals surface area contributed by atoms with Gasteiger partial charge in [-0.25, -0.2) is 0 Å². The lowest BCUT2D eigenvalue weighted by Crippen LogP contribution is -2.34. The quantitative estimate of drug-likeness (QED) is 0.887. The Labute approximate surface area is 113 Å². The van der Waals surface area contributed by atoms with E-state index in [0.717, 1.165) is 17.0 Å². The second-order valence-corrected chi connectivity index (χ2v) is 5.57. The third-order valence-corrected chi connectivity index (χ3v) is 3.48. The summed E-state index contributed by atoms with van der Waals surface area (Å²) in [6, 6.07) is 10.4. The minimum absolute atomic E-state index is 0.132. The molecule has 98 valence electrons. The van der Waals surface area contributed by atoms with Gasteiger partial charge in [-0.15, -0.1) is 0 Å². The van der Waals surface area contributed by atoms with Gasteiger partial charge >= 0.3 is 0 Å². The van der Waals surface area contributed by atoms with Crippen LogP contribution in [0, 0.1) is 6.92 Å².